The summed E-state index contributed by atoms with van der Waals surface area (Å²) < 4.78 is 10.1. The molecule has 5 nitrogen and oxygen atoms in total. The topological polar surface area (TPSA) is 64.6 Å². The van der Waals surface area contributed by atoms with Crippen molar-refractivity contribution in [1.82, 2.24) is 5.32 Å². The minimum absolute atomic E-state index is 0.307. The van der Waals surface area contributed by atoms with Crippen LogP contribution in [0.2, 0.25) is 0 Å². The van der Waals surface area contributed by atoms with E-state index in [4.69, 9.17) is 9.47 Å². The van der Waals surface area contributed by atoms with Crippen molar-refractivity contribution in [3.05, 3.63) is 23.4 Å². The average Bonchev–Trinajstić information content (AvgIpc) is 2.27. The van der Waals surface area contributed by atoms with Gasteiger partial charge in [-0.25, -0.2) is 9.59 Å². The molecule has 0 radical (unpaired) electrons. The standard InChI is InChI=1S/C13H19NO4/c1-5-17-11(15)9-6-10(8-14-7-9)12(16)18-13(2,3)4/h6,8,14H,5,7H2,1-4H3. The summed E-state index contributed by atoms with van der Waals surface area (Å²) >= 11 is 0. The monoisotopic (exact) mass is 253 g/mol. The molecule has 0 aromatic heterocycles. The highest BCUT2D eigenvalue weighted by atomic mass is 16.6. The molecule has 0 bridgehead atoms. The first-order valence-electron chi connectivity index (χ1n) is 5.88. The van der Waals surface area contributed by atoms with Crippen molar-refractivity contribution in [3.63, 3.8) is 0 Å². The quantitative estimate of drug-likeness (QED) is 0.768. The van der Waals surface area contributed by atoms with Crippen molar-refractivity contribution in [2.45, 2.75) is 33.3 Å². The molecule has 18 heavy (non-hydrogen) atoms. The van der Waals surface area contributed by atoms with Gasteiger partial charge in [0.2, 0.25) is 0 Å². The summed E-state index contributed by atoms with van der Waals surface area (Å²) in [5.41, 5.74) is 0.173. The Morgan fingerprint density at radius 1 is 1.33 bits per heavy atom. The summed E-state index contributed by atoms with van der Waals surface area (Å²) in [6.07, 6.45) is 3.04. The van der Waals surface area contributed by atoms with E-state index in [1.165, 1.54) is 12.3 Å². The number of carbonyl (C=O) groups is 2. The molecule has 0 atom stereocenters. The van der Waals surface area contributed by atoms with Crippen LogP contribution in [0.4, 0.5) is 0 Å². The molecule has 1 aliphatic rings. The van der Waals surface area contributed by atoms with Gasteiger partial charge in [-0.05, 0) is 33.8 Å². The highest BCUT2D eigenvalue weighted by molar-refractivity contribution is 5.97. The molecule has 0 aliphatic carbocycles. The van der Waals surface area contributed by atoms with Crippen LogP contribution in [0.1, 0.15) is 27.7 Å². The van der Waals surface area contributed by atoms with Crippen LogP contribution in [0.25, 0.3) is 0 Å². The van der Waals surface area contributed by atoms with E-state index < -0.39 is 17.5 Å². The first kappa shape index (κ1) is 14.3. The first-order chi connectivity index (χ1) is 8.33. The van der Waals surface area contributed by atoms with E-state index in [0.29, 0.717) is 24.3 Å². The van der Waals surface area contributed by atoms with E-state index in [1.54, 1.807) is 27.7 Å². The number of nitrogens with one attached hydrogen (secondary N) is 1. The van der Waals surface area contributed by atoms with Crippen LogP contribution < -0.4 is 5.32 Å². The average molecular weight is 253 g/mol. The third-order valence-electron chi connectivity index (χ3n) is 2.05. The van der Waals surface area contributed by atoms with Gasteiger partial charge in [-0.2, -0.15) is 0 Å². The predicted molar refractivity (Wildman–Crippen MR) is 66.6 cm³/mol. The summed E-state index contributed by atoms with van der Waals surface area (Å²) in [6.45, 7) is 7.76. The second kappa shape index (κ2) is 5.71. The van der Waals surface area contributed by atoms with Crippen molar-refractivity contribution in [3.8, 4) is 0 Å². The van der Waals surface area contributed by atoms with Gasteiger partial charge in [-0.3, -0.25) is 0 Å². The zero-order chi connectivity index (χ0) is 13.8. The van der Waals surface area contributed by atoms with Crippen LogP contribution in [-0.4, -0.2) is 30.7 Å². The molecule has 0 fully saturated rings. The molecular weight excluding hydrogens is 234 g/mol. The lowest BCUT2D eigenvalue weighted by molar-refractivity contribution is -0.149. The van der Waals surface area contributed by atoms with Crippen molar-refractivity contribution < 1.29 is 19.1 Å². The number of hydrogen-bond donors (Lipinski definition) is 1. The van der Waals surface area contributed by atoms with E-state index in [0.717, 1.165) is 0 Å². The maximum Gasteiger partial charge on any atom is 0.340 e. The SMILES string of the molecule is CCOC(=O)C1=CC(C(=O)OC(C)(C)C)=CNC1. The van der Waals surface area contributed by atoms with E-state index in [1.807, 2.05) is 0 Å². The summed E-state index contributed by atoms with van der Waals surface area (Å²) in [5.74, 6) is -0.879. The molecule has 100 valence electrons. The lowest BCUT2D eigenvalue weighted by Crippen LogP contribution is -2.28. The van der Waals surface area contributed by atoms with Crippen molar-refractivity contribution >= 4 is 11.9 Å². The number of esters is 2. The molecule has 1 rings (SSSR count). The minimum Gasteiger partial charge on any atom is -0.463 e. The van der Waals surface area contributed by atoms with E-state index in [2.05, 4.69) is 5.32 Å². The highest BCUT2D eigenvalue weighted by Crippen LogP contribution is 2.15. The van der Waals surface area contributed by atoms with Gasteiger partial charge in [0.05, 0.1) is 17.8 Å². The maximum atomic E-state index is 11.8. The lowest BCUT2D eigenvalue weighted by atomic mass is 10.1. The number of dihydropyridines is 1. The van der Waals surface area contributed by atoms with E-state index >= 15 is 0 Å². The summed E-state index contributed by atoms with van der Waals surface area (Å²) in [7, 11) is 0. The Kier molecular flexibility index (Phi) is 4.53. The van der Waals surface area contributed by atoms with Gasteiger partial charge in [-0.15, -0.1) is 0 Å². The Bertz CT molecular complexity index is 402. The number of carbonyl (C=O) groups excluding carboxylic acids is 2. The molecule has 1 aliphatic heterocycles. The second-order valence-electron chi connectivity index (χ2n) is 4.87. The maximum absolute atomic E-state index is 11.8. The first-order valence-corrected chi connectivity index (χ1v) is 5.88. The predicted octanol–water partition coefficient (Wildman–Crippen LogP) is 1.30. The molecule has 0 saturated carbocycles. The Labute approximate surface area is 107 Å². The Balaban J connectivity index is 2.76. The molecule has 0 aromatic rings. The van der Waals surface area contributed by atoms with E-state index in [-0.39, 0.29) is 0 Å². The lowest BCUT2D eigenvalue weighted by Gasteiger charge is -2.21. The molecule has 0 spiro atoms. The van der Waals surface area contributed by atoms with Crippen LogP contribution in [-0.2, 0) is 19.1 Å². The van der Waals surface area contributed by atoms with Crippen molar-refractivity contribution in [2.75, 3.05) is 13.2 Å². The molecule has 0 saturated heterocycles. The zero-order valence-corrected chi connectivity index (χ0v) is 11.2. The highest BCUT2D eigenvalue weighted by Gasteiger charge is 2.22. The summed E-state index contributed by atoms with van der Waals surface area (Å²) in [5, 5.41) is 2.86. The zero-order valence-electron chi connectivity index (χ0n) is 11.2. The van der Waals surface area contributed by atoms with Crippen LogP contribution in [0.5, 0.6) is 0 Å². The normalized spacial score (nSPS) is 15.1. The van der Waals surface area contributed by atoms with Gasteiger partial charge in [-0.1, -0.05) is 0 Å². The summed E-state index contributed by atoms with van der Waals surface area (Å²) in [4.78, 5) is 23.4. The van der Waals surface area contributed by atoms with E-state index in [9.17, 15) is 9.59 Å². The second-order valence-corrected chi connectivity index (χ2v) is 4.87. The van der Waals surface area contributed by atoms with Gasteiger partial charge in [0.25, 0.3) is 0 Å². The third-order valence-corrected chi connectivity index (χ3v) is 2.05. The fourth-order valence-corrected chi connectivity index (χ4v) is 1.36. The van der Waals surface area contributed by atoms with Crippen LogP contribution in [0.15, 0.2) is 23.4 Å². The van der Waals surface area contributed by atoms with Gasteiger partial charge in [0.15, 0.2) is 0 Å². The van der Waals surface area contributed by atoms with Crippen LogP contribution in [0.3, 0.4) is 0 Å². The number of rotatable bonds is 3. The van der Waals surface area contributed by atoms with Gasteiger partial charge < -0.3 is 14.8 Å². The molecule has 0 amide bonds. The fraction of sp³-hybridized carbons (Fsp3) is 0.538. The van der Waals surface area contributed by atoms with Crippen molar-refractivity contribution in [2.24, 2.45) is 0 Å². The molecule has 1 N–H and O–H groups in total. The number of ether oxygens (including phenoxy) is 2. The Hall–Kier alpha value is -1.78. The Morgan fingerprint density at radius 2 is 2.00 bits per heavy atom. The smallest absolute Gasteiger partial charge is 0.340 e. The third kappa shape index (κ3) is 4.24. The minimum atomic E-state index is -0.562. The largest absolute Gasteiger partial charge is 0.463 e. The number of hydrogen-bond acceptors (Lipinski definition) is 5. The fourth-order valence-electron chi connectivity index (χ4n) is 1.36. The van der Waals surface area contributed by atoms with Gasteiger partial charge in [0.1, 0.15) is 5.60 Å². The molecule has 5 heteroatoms. The van der Waals surface area contributed by atoms with Crippen LogP contribution >= 0.6 is 0 Å². The van der Waals surface area contributed by atoms with Crippen LogP contribution in [0, 0.1) is 0 Å². The van der Waals surface area contributed by atoms with Gasteiger partial charge >= 0.3 is 11.9 Å². The molecular formula is C13H19NO4. The molecule has 1 heterocycles. The molecule has 0 unspecified atom stereocenters. The van der Waals surface area contributed by atoms with Gasteiger partial charge in [0, 0.05) is 12.7 Å². The molecule has 0 aromatic carbocycles. The van der Waals surface area contributed by atoms with Crippen molar-refractivity contribution in [1.29, 1.82) is 0 Å². The Morgan fingerprint density at radius 3 is 2.56 bits per heavy atom. The summed E-state index contributed by atoms with van der Waals surface area (Å²) in [6, 6.07) is 0.